The van der Waals surface area contributed by atoms with Gasteiger partial charge in [0.1, 0.15) is 29.9 Å². The van der Waals surface area contributed by atoms with Crippen molar-refractivity contribution in [3.8, 4) is 6.07 Å². The van der Waals surface area contributed by atoms with Gasteiger partial charge in [0.15, 0.2) is 5.82 Å². The molecule has 1 saturated heterocycles. The van der Waals surface area contributed by atoms with E-state index in [4.69, 9.17) is 4.74 Å². The monoisotopic (exact) mass is 301 g/mol. The molecule has 0 N–H and O–H groups in total. The molecule has 6 nitrogen and oxygen atoms in total. The van der Waals surface area contributed by atoms with Crippen molar-refractivity contribution in [3.63, 3.8) is 0 Å². The van der Waals surface area contributed by atoms with Gasteiger partial charge in [-0.3, -0.25) is 0 Å². The molecular formula is C15H16FN5O. The number of nitriles is 1. The van der Waals surface area contributed by atoms with Crippen LogP contribution in [0.1, 0.15) is 24.4 Å². The number of ether oxygens (including phenoxy) is 1. The van der Waals surface area contributed by atoms with Crippen LogP contribution in [0.2, 0.25) is 0 Å². The first-order valence-corrected chi connectivity index (χ1v) is 7.17. The van der Waals surface area contributed by atoms with Crippen LogP contribution >= 0.6 is 0 Å². The lowest BCUT2D eigenvalue weighted by Gasteiger charge is -2.34. The molecule has 1 unspecified atom stereocenters. The molecule has 0 bridgehead atoms. The average molecular weight is 301 g/mol. The summed E-state index contributed by atoms with van der Waals surface area (Å²) < 4.78 is 21.5. The largest absolute Gasteiger partial charge is 0.367 e. The molecule has 1 atom stereocenters. The maximum atomic E-state index is 13.8. The Balaban J connectivity index is 1.88. The summed E-state index contributed by atoms with van der Waals surface area (Å²) >= 11 is 0. The van der Waals surface area contributed by atoms with Crippen LogP contribution in [0.5, 0.6) is 0 Å². The number of morpholine rings is 1. The predicted octanol–water partition coefficient (Wildman–Crippen LogP) is 1.89. The summed E-state index contributed by atoms with van der Waals surface area (Å²) in [6.45, 7) is 4.37. The highest BCUT2D eigenvalue weighted by Crippen LogP contribution is 2.28. The number of anilines is 1. The number of hydrogen-bond acceptors (Lipinski definition) is 5. The van der Waals surface area contributed by atoms with Crippen molar-refractivity contribution in [2.75, 3.05) is 24.6 Å². The van der Waals surface area contributed by atoms with E-state index in [1.807, 2.05) is 22.5 Å². The maximum absolute atomic E-state index is 13.8. The van der Waals surface area contributed by atoms with E-state index in [0.29, 0.717) is 25.4 Å². The van der Waals surface area contributed by atoms with Gasteiger partial charge in [-0.15, -0.1) is 10.2 Å². The molecule has 0 aliphatic carbocycles. The number of aryl methyl sites for hydroxylation is 1. The summed E-state index contributed by atoms with van der Waals surface area (Å²) in [6.07, 6.45) is 1.42. The molecule has 22 heavy (non-hydrogen) atoms. The summed E-state index contributed by atoms with van der Waals surface area (Å²) in [6, 6.07) is 6.62. The summed E-state index contributed by atoms with van der Waals surface area (Å²) in [7, 11) is 0. The second-order valence-electron chi connectivity index (χ2n) is 5.03. The van der Waals surface area contributed by atoms with Crippen LogP contribution in [0.4, 0.5) is 10.1 Å². The molecule has 2 aromatic rings. The van der Waals surface area contributed by atoms with Gasteiger partial charge < -0.3 is 14.2 Å². The minimum Gasteiger partial charge on any atom is -0.367 e. The normalized spacial score (nSPS) is 18.2. The number of rotatable bonds is 3. The Hall–Kier alpha value is -2.46. The van der Waals surface area contributed by atoms with Crippen molar-refractivity contribution in [3.05, 3.63) is 41.7 Å². The summed E-state index contributed by atoms with van der Waals surface area (Å²) in [5, 5.41) is 17.2. The second kappa shape index (κ2) is 6.12. The highest BCUT2D eigenvalue weighted by atomic mass is 19.1. The lowest BCUT2D eigenvalue weighted by atomic mass is 10.1. The van der Waals surface area contributed by atoms with Crippen molar-refractivity contribution < 1.29 is 9.13 Å². The van der Waals surface area contributed by atoms with Gasteiger partial charge in [0.2, 0.25) is 0 Å². The van der Waals surface area contributed by atoms with Crippen molar-refractivity contribution >= 4 is 5.69 Å². The Labute approximate surface area is 127 Å². The van der Waals surface area contributed by atoms with Crippen LogP contribution in [-0.2, 0) is 11.3 Å². The van der Waals surface area contributed by atoms with Crippen molar-refractivity contribution in [1.82, 2.24) is 14.8 Å². The van der Waals surface area contributed by atoms with Crippen molar-refractivity contribution in [2.45, 2.75) is 19.6 Å². The molecule has 0 saturated carbocycles. The van der Waals surface area contributed by atoms with Gasteiger partial charge in [0, 0.05) is 13.1 Å². The Morgan fingerprint density at radius 1 is 1.50 bits per heavy atom. The Morgan fingerprint density at radius 3 is 3.14 bits per heavy atom. The Bertz CT molecular complexity index is 708. The molecule has 3 rings (SSSR count). The molecule has 1 aromatic heterocycles. The number of hydrogen-bond donors (Lipinski definition) is 0. The molecule has 114 valence electrons. The smallest absolute Gasteiger partial charge is 0.163 e. The van der Waals surface area contributed by atoms with Crippen molar-refractivity contribution in [2.24, 2.45) is 0 Å². The fourth-order valence-electron chi connectivity index (χ4n) is 2.67. The van der Waals surface area contributed by atoms with Gasteiger partial charge in [0.25, 0.3) is 0 Å². The zero-order valence-electron chi connectivity index (χ0n) is 12.2. The average Bonchev–Trinajstić information content (AvgIpc) is 3.03. The van der Waals surface area contributed by atoms with Gasteiger partial charge in [-0.25, -0.2) is 4.39 Å². The van der Waals surface area contributed by atoms with Gasteiger partial charge in [0.05, 0.1) is 18.8 Å². The minimum absolute atomic E-state index is 0.0695. The SMILES string of the molecule is CCn1cnnc1C1CN(c2cccc(F)c2C#N)CCO1. The van der Waals surface area contributed by atoms with Crippen LogP contribution < -0.4 is 4.90 Å². The molecule has 0 amide bonds. The lowest BCUT2D eigenvalue weighted by Crippen LogP contribution is -2.39. The zero-order valence-corrected chi connectivity index (χ0v) is 12.2. The summed E-state index contributed by atoms with van der Waals surface area (Å²) in [5.41, 5.74) is 0.665. The first kappa shape index (κ1) is 14.5. The Morgan fingerprint density at radius 2 is 2.36 bits per heavy atom. The van der Waals surface area contributed by atoms with E-state index < -0.39 is 5.82 Å². The van der Waals surface area contributed by atoms with E-state index in [9.17, 15) is 9.65 Å². The highest BCUT2D eigenvalue weighted by Gasteiger charge is 2.27. The molecule has 0 spiro atoms. The fourth-order valence-corrected chi connectivity index (χ4v) is 2.67. The quantitative estimate of drug-likeness (QED) is 0.866. The van der Waals surface area contributed by atoms with E-state index in [1.54, 1.807) is 18.5 Å². The van der Waals surface area contributed by atoms with E-state index in [2.05, 4.69) is 10.2 Å². The van der Waals surface area contributed by atoms with Crippen molar-refractivity contribution in [1.29, 1.82) is 5.26 Å². The number of nitrogens with zero attached hydrogens (tertiary/aromatic N) is 5. The Kier molecular flexibility index (Phi) is 4.02. The number of benzene rings is 1. The van der Waals surface area contributed by atoms with Gasteiger partial charge in [-0.2, -0.15) is 5.26 Å². The zero-order chi connectivity index (χ0) is 15.5. The van der Waals surface area contributed by atoms with Gasteiger partial charge >= 0.3 is 0 Å². The third kappa shape index (κ3) is 2.53. The molecule has 1 aliphatic heterocycles. The highest BCUT2D eigenvalue weighted by molar-refractivity contribution is 5.60. The molecule has 1 aromatic carbocycles. The van der Waals surface area contributed by atoms with Gasteiger partial charge in [-0.1, -0.05) is 6.07 Å². The minimum atomic E-state index is -0.500. The number of halogens is 1. The first-order chi connectivity index (χ1) is 10.7. The lowest BCUT2D eigenvalue weighted by molar-refractivity contribution is 0.0316. The predicted molar refractivity (Wildman–Crippen MR) is 77.7 cm³/mol. The van der Waals surface area contributed by atoms with Gasteiger partial charge in [-0.05, 0) is 19.1 Å². The van der Waals surface area contributed by atoms with Crippen LogP contribution in [0.25, 0.3) is 0 Å². The molecule has 1 aliphatic rings. The van der Waals surface area contributed by atoms with Crippen LogP contribution in [0, 0.1) is 17.1 Å². The van der Waals surface area contributed by atoms with E-state index in [0.717, 1.165) is 12.4 Å². The van der Waals surface area contributed by atoms with E-state index >= 15 is 0 Å². The molecule has 7 heteroatoms. The third-order valence-corrected chi connectivity index (χ3v) is 3.78. The fraction of sp³-hybridized carbons (Fsp3) is 0.400. The molecular weight excluding hydrogens is 285 g/mol. The molecule has 0 radical (unpaired) electrons. The van der Waals surface area contributed by atoms with Crippen LogP contribution in [0.15, 0.2) is 24.5 Å². The third-order valence-electron chi connectivity index (χ3n) is 3.78. The summed E-state index contributed by atoms with van der Waals surface area (Å²) in [4.78, 5) is 1.96. The standard InChI is InChI=1S/C15H16FN5O/c1-2-20-10-18-19-15(20)14-9-21(6-7-22-14)13-5-3-4-12(16)11(13)8-17/h3-5,10,14H,2,6-7,9H2,1H3. The maximum Gasteiger partial charge on any atom is 0.163 e. The molecule has 2 heterocycles. The summed E-state index contributed by atoms with van der Waals surface area (Å²) in [5.74, 6) is 0.252. The molecule has 1 fully saturated rings. The second-order valence-corrected chi connectivity index (χ2v) is 5.03. The first-order valence-electron chi connectivity index (χ1n) is 7.17. The van der Waals surface area contributed by atoms with E-state index in [1.165, 1.54) is 6.07 Å². The van der Waals surface area contributed by atoms with E-state index in [-0.39, 0.29) is 11.7 Å². The topological polar surface area (TPSA) is 67.0 Å². The van der Waals surface area contributed by atoms with Crippen LogP contribution in [0.3, 0.4) is 0 Å². The van der Waals surface area contributed by atoms with Crippen LogP contribution in [-0.4, -0.2) is 34.5 Å². The number of aromatic nitrogens is 3.